The Balaban J connectivity index is 2.40. The summed E-state index contributed by atoms with van der Waals surface area (Å²) in [7, 11) is 2.24. The lowest BCUT2D eigenvalue weighted by atomic mass is 10.1. The van der Waals surface area contributed by atoms with Crippen molar-refractivity contribution in [1.82, 2.24) is 9.80 Å². The molecule has 1 rings (SSSR count). The van der Waals surface area contributed by atoms with Crippen molar-refractivity contribution in [1.29, 1.82) is 0 Å². The highest BCUT2D eigenvalue weighted by Crippen LogP contribution is 2.13. The summed E-state index contributed by atoms with van der Waals surface area (Å²) < 4.78 is 0. The van der Waals surface area contributed by atoms with Gasteiger partial charge < -0.3 is 4.90 Å². The number of rotatable bonds is 4. The summed E-state index contributed by atoms with van der Waals surface area (Å²) >= 11 is 0. The molecule has 2 heteroatoms. The van der Waals surface area contributed by atoms with Gasteiger partial charge in [0.2, 0.25) is 0 Å². The van der Waals surface area contributed by atoms with Gasteiger partial charge in [-0.25, -0.2) is 0 Å². The third-order valence-corrected chi connectivity index (χ3v) is 3.36. The van der Waals surface area contributed by atoms with Crippen LogP contribution in [0.1, 0.15) is 39.5 Å². The molecule has 0 saturated carbocycles. The standard InChI is InChI=1S/C12H26N2/c1-4-7-12(5-2)14-9-6-8-13(3)10-11-14/h12H,4-11H2,1-3H3. The molecule has 14 heavy (non-hydrogen) atoms. The lowest BCUT2D eigenvalue weighted by Crippen LogP contribution is -2.37. The smallest absolute Gasteiger partial charge is 0.0112 e. The third kappa shape index (κ3) is 3.58. The van der Waals surface area contributed by atoms with E-state index in [9.17, 15) is 0 Å². The second-order valence-corrected chi connectivity index (χ2v) is 4.54. The average molecular weight is 198 g/mol. The summed E-state index contributed by atoms with van der Waals surface area (Å²) in [4.78, 5) is 5.16. The predicted octanol–water partition coefficient (Wildman–Crippen LogP) is 2.20. The molecule has 0 aromatic carbocycles. The van der Waals surface area contributed by atoms with Gasteiger partial charge in [0.1, 0.15) is 0 Å². The van der Waals surface area contributed by atoms with Crippen LogP contribution in [-0.4, -0.2) is 49.1 Å². The molecule has 0 amide bonds. The topological polar surface area (TPSA) is 6.48 Å². The van der Waals surface area contributed by atoms with E-state index in [1.807, 2.05) is 0 Å². The molecular formula is C12H26N2. The molecule has 84 valence electrons. The minimum atomic E-state index is 0.839. The first-order valence-corrected chi connectivity index (χ1v) is 6.20. The molecule has 0 aliphatic carbocycles. The van der Waals surface area contributed by atoms with Gasteiger partial charge in [0.25, 0.3) is 0 Å². The van der Waals surface area contributed by atoms with Crippen molar-refractivity contribution in [3.8, 4) is 0 Å². The highest BCUT2D eigenvalue weighted by Gasteiger charge is 2.18. The van der Waals surface area contributed by atoms with Gasteiger partial charge in [0.15, 0.2) is 0 Å². The average Bonchev–Trinajstić information content (AvgIpc) is 2.40. The van der Waals surface area contributed by atoms with Gasteiger partial charge in [-0.3, -0.25) is 4.90 Å². The highest BCUT2D eigenvalue weighted by molar-refractivity contribution is 4.74. The monoisotopic (exact) mass is 198 g/mol. The number of hydrogen-bond acceptors (Lipinski definition) is 2. The van der Waals surface area contributed by atoms with E-state index >= 15 is 0 Å². The fourth-order valence-corrected chi connectivity index (χ4v) is 2.41. The molecule has 0 bridgehead atoms. The van der Waals surface area contributed by atoms with Crippen molar-refractivity contribution in [2.24, 2.45) is 0 Å². The SMILES string of the molecule is CCCC(CC)N1CCCN(C)CC1. The largest absolute Gasteiger partial charge is 0.305 e. The molecular weight excluding hydrogens is 172 g/mol. The zero-order valence-electron chi connectivity index (χ0n) is 10.1. The van der Waals surface area contributed by atoms with Crippen molar-refractivity contribution in [3.05, 3.63) is 0 Å². The van der Waals surface area contributed by atoms with Gasteiger partial charge in [0.05, 0.1) is 0 Å². The Bertz CT molecular complexity index is 147. The number of likely N-dealkylation sites (N-methyl/N-ethyl adjacent to an activating group) is 1. The molecule has 1 aliphatic rings. The molecule has 1 atom stereocenters. The van der Waals surface area contributed by atoms with Crippen molar-refractivity contribution in [2.45, 2.75) is 45.6 Å². The third-order valence-electron chi connectivity index (χ3n) is 3.36. The maximum absolute atomic E-state index is 2.70. The van der Waals surface area contributed by atoms with Crippen LogP contribution < -0.4 is 0 Å². The van der Waals surface area contributed by atoms with Gasteiger partial charge in [-0.2, -0.15) is 0 Å². The van der Waals surface area contributed by atoms with Crippen LogP contribution in [0.25, 0.3) is 0 Å². The Morgan fingerprint density at radius 3 is 2.50 bits per heavy atom. The fourth-order valence-electron chi connectivity index (χ4n) is 2.41. The Morgan fingerprint density at radius 1 is 1.07 bits per heavy atom. The molecule has 1 saturated heterocycles. The highest BCUT2D eigenvalue weighted by atomic mass is 15.2. The molecule has 0 radical (unpaired) electrons. The Morgan fingerprint density at radius 2 is 1.86 bits per heavy atom. The first-order valence-electron chi connectivity index (χ1n) is 6.20. The molecule has 2 nitrogen and oxygen atoms in total. The number of nitrogens with zero attached hydrogens (tertiary/aromatic N) is 2. The fraction of sp³-hybridized carbons (Fsp3) is 1.00. The summed E-state index contributed by atoms with van der Waals surface area (Å²) in [5.41, 5.74) is 0. The van der Waals surface area contributed by atoms with E-state index in [1.54, 1.807) is 0 Å². The van der Waals surface area contributed by atoms with E-state index in [0.717, 1.165) is 6.04 Å². The molecule has 1 fully saturated rings. The normalized spacial score (nSPS) is 23.4. The van der Waals surface area contributed by atoms with Crippen molar-refractivity contribution < 1.29 is 0 Å². The molecule has 1 unspecified atom stereocenters. The van der Waals surface area contributed by atoms with Gasteiger partial charge in [0, 0.05) is 19.1 Å². The van der Waals surface area contributed by atoms with Crippen LogP contribution in [0.3, 0.4) is 0 Å². The maximum Gasteiger partial charge on any atom is 0.0112 e. The summed E-state index contributed by atoms with van der Waals surface area (Å²) in [6.07, 6.45) is 5.36. The Labute approximate surface area is 89.3 Å². The second kappa shape index (κ2) is 6.41. The zero-order valence-corrected chi connectivity index (χ0v) is 10.1. The molecule has 1 heterocycles. The van der Waals surface area contributed by atoms with E-state index in [1.165, 1.54) is 51.9 Å². The summed E-state index contributed by atoms with van der Waals surface area (Å²) in [6, 6.07) is 0.839. The van der Waals surface area contributed by atoms with E-state index in [2.05, 4.69) is 30.7 Å². The Kier molecular flexibility index (Phi) is 5.49. The van der Waals surface area contributed by atoms with Crippen LogP contribution >= 0.6 is 0 Å². The predicted molar refractivity (Wildman–Crippen MR) is 62.7 cm³/mol. The summed E-state index contributed by atoms with van der Waals surface area (Å²) in [5, 5.41) is 0. The van der Waals surface area contributed by atoms with Crippen LogP contribution in [0.15, 0.2) is 0 Å². The van der Waals surface area contributed by atoms with Gasteiger partial charge >= 0.3 is 0 Å². The van der Waals surface area contributed by atoms with Gasteiger partial charge in [-0.1, -0.05) is 20.3 Å². The molecule has 0 N–H and O–H groups in total. The van der Waals surface area contributed by atoms with E-state index in [0.29, 0.717) is 0 Å². The molecule has 0 aromatic heterocycles. The molecule has 0 spiro atoms. The van der Waals surface area contributed by atoms with Crippen molar-refractivity contribution in [3.63, 3.8) is 0 Å². The number of hydrogen-bond donors (Lipinski definition) is 0. The molecule has 1 aliphatic heterocycles. The quantitative estimate of drug-likeness (QED) is 0.683. The minimum Gasteiger partial charge on any atom is -0.305 e. The van der Waals surface area contributed by atoms with Crippen LogP contribution in [-0.2, 0) is 0 Å². The van der Waals surface area contributed by atoms with Crippen molar-refractivity contribution >= 4 is 0 Å². The summed E-state index contributed by atoms with van der Waals surface area (Å²) in [6.45, 7) is 9.73. The second-order valence-electron chi connectivity index (χ2n) is 4.54. The lowest BCUT2D eigenvalue weighted by Gasteiger charge is -2.29. The first kappa shape index (κ1) is 12.0. The van der Waals surface area contributed by atoms with Crippen molar-refractivity contribution in [2.75, 3.05) is 33.2 Å². The van der Waals surface area contributed by atoms with E-state index in [-0.39, 0.29) is 0 Å². The first-order chi connectivity index (χ1) is 6.77. The van der Waals surface area contributed by atoms with Crippen LogP contribution in [0.4, 0.5) is 0 Å². The van der Waals surface area contributed by atoms with Gasteiger partial charge in [-0.15, -0.1) is 0 Å². The minimum absolute atomic E-state index is 0.839. The van der Waals surface area contributed by atoms with Gasteiger partial charge in [-0.05, 0) is 39.4 Å². The molecule has 0 aromatic rings. The van der Waals surface area contributed by atoms with Crippen LogP contribution in [0.5, 0.6) is 0 Å². The van der Waals surface area contributed by atoms with Crippen LogP contribution in [0.2, 0.25) is 0 Å². The van der Waals surface area contributed by atoms with Crippen LogP contribution in [0, 0.1) is 0 Å². The van der Waals surface area contributed by atoms with E-state index in [4.69, 9.17) is 0 Å². The lowest BCUT2D eigenvalue weighted by molar-refractivity contribution is 0.186. The maximum atomic E-state index is 2.70. The Hall–Kier alpha value is -0.0800. The summed E-state index contributed by atoms with van der Waals surface area (Å²) in [5.74, 6) is 0. The van der Waals surface area contributed by atoms with E-state index < -0.39 is 0 Å². The zero-order chi connectivity index (χ0) is 10.4.